The number of piperidine rings is 1. The van der Waals surface area contributed by atoms with E-state index in [1.54, 1.807) is 0 Å². The van der Waals surface area contributed by atoms with Crippen LogP contribution in [0.3, 0.4) is 0 Å². The molecule has 1 amide bonds. The van der Waals surface area contributed by atoms with Gasteiger partial charge < -0.3 is 10.2 Å². The van der Waals surface area contributed by atoms with E-state index in [0.717, 1.165) is 31.5 Å². The number of rotatable bonds is 3. The summed E-state index contributed by atoms with van der Waals surface area (Å²) in [7, 11) is 0. The van der Waals surface area contributed by atoms with Gasteiger partial charge in [-0.05, 0) is 25.3 Å². The van der Waals surface area contributed by atoms with Gasteiger partial charge >= 0.3 is 0 Å². The van der Waals surface area contributed by atoms with Crippen molar-refractivity contribution in [1.29, 1.82) is 0 Å². The monoisotopic (exact) mass is 262 g/mol. The molecule has 0 atom stereocenters. The fourth-order valence-electron chi connectivity index (χ4n) is 2.26. The third-order valence-electron chi connectivity index (χ3n) is 3.41. The predicted octanol–water partition coefficient (Wildman–Crippen LogP) is 1.84. The van der Waals surface area contributed by atoms with E-state index < -0.39 is 0 Å². The first kappa shape index (κ1) is 13.8. The molecule has 1 N–H and O–H groups in total. The van der Waals surface area contributed by atoms with Crippen LogP contribution in [0.5, 0.6) is 0 Å². The Balaban J connectivity index is 1.83. The van der Waals surface area contributed by atoms with Crippen LogP contribution in [-0.4, -0.2) is 39.9 Å². The average Bonchev–Trinajstić information content (AvgIpc) is 2.41. The van der Waals surface area contributed by atoms with Gasteiger partial charge in [-0.1, -0.05) is 13.8 Å². The van der Waals surface area contributed by atoms with E-state index in [1.807, 2.05) is 38.1 Å². The maximum absolute atomic E-state index is 11.9. The molecule has 1 aromatic heterocycles. The van der Waals surface area contributed by atoms with Gasteiger partial charge in [-0.2, -0.15) is 0 Å². The second kappa shape index (κ2) is 5.99. The molecule has 0 spiro atoms. The lowest BCUT2D eigenvalue weighted by molar-refractivity contribution is -0.135. The fourth-order valence-corrected chi connectivity index (χ4v) is 2.26. The summed E-state index contributed by atoms with van der Waals surface area (Å²) < 4.78 is 0. The molecule has 1 aromatic rings. The maximum Gasteiger partial charge on any atom is 0.225 e. The van der Waals surface area contributed by atoms with Crippen molar-refractivity contribution < 1.29 is 4.79 Å². The van der Waals surface area contributed by atoms with Crippen molar-refractivity contribution in [3.05, 3.63) is 18.0 Å². The second-order valence-electron chi connectivity index (χ2n) is 5.48. The van der Waals surface area contributed by atoms with E-state index in [2.05, 4.69) is 15.3 Å². The van der Waals surface area contributed by atoms with E-state index >= 15 is 0 Å². The molecule has 1 aliphatic heterocycles. The zero-order valence-corrected chi connectivity index (χ0v) is 11.9. The van der Waals surface area contributed by atoms with Gasteiger partial charge in [-0.3, -0.25) is 4.79 Å². The van der Waals surface area contributed by atoms with Crippen LogP contribution < -0.4 is 5.32 Å². The number of anilines is 1. The minimum atomic E-state index is 0.0879. The third-order valence-corrected chi connectivity index (χ3v) is 3.41. The molecule has 5 nitrogen and oxygen atoms in total. The van der Waals surface area contributed by atoms with Crippen molar-refractivity contribution >= 4 is 11.9 Å². The molecule has 19 heavy (non-hydrogen) atoms. The first-order chi connectivity index (χ1) is 9.06. The molecule has 104 valence electrons. The van der Waals surface area contributed by atoms with Gasteiger partial charge in [0, 0.05) is 37.4 Å². The number of hydrogen-bond acceptors (Lipinski definition) is 4. The van der Waals surface area contributed by atoms with Gasteiger partial charge in [0.05, 0.1) is 0 Å². The molecule has 0 radical (unpaired) electrons. The zero-order valence-electron chi connectivity index (χ0n) is 11.9. The molecule has 1 fully saturated rings. The number of likely N-dealkylation sites (tertiary alicyclic amines) is 1. The van der Waals surface area contributed by atoms with E-state index in [9.17, 15) is 4.79 Å². The summed E-state index contributed by atoms with van der Waals surface area (Å²) in [5.41, 5.74) is 1.06. The molecule has 0 aromatic carbocycles. The third kappa shape index (κ3) is 3.66. The smallest absolute Gasteiger partial charge is 0.225 e. The average molecular weight is 262 g/mol. The van der Waals surface area contributed by atoms with Crippen molar-refractivity contribution in [2.24, 2.45) is 5.92 Å². The molecule has 0 saturated carbocycles. The summed E-state index contributed by atoms with van der Waals surface area (Å²) in [6.07, 6.45) is 5.53. The van der Waals surface area contributed by atoms with Crippen molar-refractivity contribution in [2.75, 3.05) is 18.4 Å². The number of aryl methyl sites for hydroxylation is 1. The molecule has 2 rings (SSSR count). The van der Waals surface area contributed by atoms with Crippen molar-refractivity contribution in [2.45, 2.75) is 39.7 Å². The second-order valence-corrected chi connectivity index (χ2v) is 5.48. The van der Waals surface area contributed by atoms with Gasteiger partial charge in [0.1, 0.15) is 0 Å². The lowest BCUT2D eigenvalue weighted by Gasteiger charge is -2.33. The number of carbonyl (C=O) groups is 1. The number of nitrogens with one attached hydrogen (secondary N) is 1. The van der Waals surface area contributed by atoms with E-state index in [4.69, 9.17) is 0 Å². The summed E-state index contributed by atoms with van der Waals surface area (Å²) in [6, 6.07) is 0.360. The van der Waals surface area contributed by atoms with Gasteiger partial charge in [-0.15, -0.1) is 0 Å². The summed E-state index contributed by atoms with van der Waals surface area (Å²) >= 11 is 0. The zero-order chi connectivity index (χ0) is 13.8. The molecule has 2 heterocycles. The fraction of sp³-hybridized carbons (Fsp3) is 0.643. The van der Waals surface area contributed by atoms with E-state index in [-0.39, 0.29) is 11.8 Å². The largest absolute Gasteiger partial charge is 0.351 e. The van der Waals surface area contributed by atoms with Crippen LogP contribution in [0.25, 0.3) is 0 Å². The van der Waals surface area contributed by atoms with Crippen molar-refractivity contribution in [3.63, 3.8) is 0 Å². The molecular formula is C14H22N4O. The van der Waals surface area contributed by atoms with Gasteiger partial charge in [0.2, 0.25) is 11.9 Å². The molecule has 1 aliphatic rings. The van der Waals surface area contributed by atoms with E-state index in [0.29, 0.717) is 12.0 Å². The van der Waals surface area contributed by atoms with Crippen LogP contribution in [0, 0.1) is 12.8 Å². The Morgan fingerprint density at radius 3 is 2.42 bits per heavy atom. The number of carbonyl (C=O) groups excluding carboxylic acids is 1. The van der Waals surface area contributed by atoms with E-state index in [1.165, 1.54) is 0 Å². The molecule has 1 saturated heterocycles. The summed E-state index contributed by atoms with van der Waals surface area (Å²) in [5, 5.41) is 3.34. The minimum Gasteiger partial charge on any atom is -0.351 e. The number of aromatic nitrogens is 2. The van der Waals surface area contributed by atoms with Gasteiger partial charge in [-0.25, -0.2) is 9.97 Å². The Morgan fingerprint density at radius 2 is 1.89 bits per heavy atom. The van der Waals surface area contributed by atoms with Crippen LogP contribution in [0.4, 0.5) is 5.95 Å². The SMILES string of the molecule is Cc1cnc(NC2CCN(C(=O)C(C)C)CC2)nc1. The Bertz CT molecular complexity index is 422. The standard InChI is InChI=1S/C14H22N4O/c1-10(2)13(19)18-6-4-12(5-7-18)17-14-15-8-11(3)9-16-14/h8-10,12H,4-7H2,1-3H3,(H,15,16,17). The molecule has 5 heteroatoms. The summed E-state index contributed by atoms with van der Waals surface area (Å²) in [6.45, 7) is 7.51. The molecule has 0 bridgehead atoms. The predicted molar refractivity (Wildman–Crippen MR) is 74.8 cm³/mol. The van der Waals surface area contributed by atoms with Crippen LogP contribution in [0.15, 0.2) is 12.4 Å². The van der Waals surface area contributed by atoms with Crippen LogP contribution in [0.2, 0.25) is 0 Å². The normalized spacial score (nSPS) is 16.7. The highest BCUT2D eigenvalue weighted by Crippen LogP contribution is 2.16. The quantitative estimate of drug-likeness (QED) is 0.903. The van der Waals surface area contributed by atoms with Crippen molar-refractivity contribution in [3.8, 4) is 0 Å². The summed E-state index contributed by atoms with van der Waals surface area (Å²) in [5.74, 6) is 1.02. The molecular weight excluding hydrogens is 240 g/mol. The first-order valence-electron chi connectivity index (χ1n) is 6.90. The Kier molecular flexibility index (Phi) is 4.35. The molecule has 0 aliphatic carbocycles. The first-order valence-corrected chi connectivity index (χ1v) is 6.90. The highest BCUT2D eigenvalue weighted by molar-refractivity contribution is 5.78. The minimum absolute atomic E-state index is 0.0879. The van der Waals surface area contributed by atoms with Crippen LogP contribution in [0.1, 0.15) is 32.3 Å². The summed E-state index contributed by atoms with van der Waals surface area (Å²) in [4.78, 5) is 22.3. The lowest BCUT2D eigenvalue weighted by Crippen LogP contribution is -2.44. The molecule has 0 unspecified atom stereocenters. The topological polar surface area (TPSA) is 58.1 Å². The number of amides is 1. The maximum atomic E-state index is 11.9. The Labute approximate surface area is 114 Å². The lowest BCUT2D eigenvalue weighted by atomic mass is 10.0. The van der Waals surface area contributed by atoms with Gasteiger partial charge in [0.25, 0.3) is 0 Å². The Hall–Kier alpha value is -1.65. The van der Waals surface area contributed by atoms with Crippen LogP contribution >= 0.6 is 0 Å². The van der Waals surface area contributed by atoms with Crippen LogP contribution in [-0.2, 0) is 4.79 Å². The van der Waals surface area contributed by atoms with Crippen molar-refractivity contribution in [1.82, 2.24) is 14.9 Å². The number of nitrogens with zero attached hydrogens (tertiary/aromatic N) is 3. The van der Waals surface area contributed by atoms with Gasteiger partial charge in [0.15, 0.2) is 0 Å². The number of hydrogen-bond donors (Lipinski definition) is 1. The highest BCUT2D eigenvalue weighted by Gasteiger charge is 2.24. The highest BCUT2D eigenvalue weighted by atomic mass is 16.2. The Morgan fingerprint density at radius 1 is 1.32 bits per heavy atom.